The van der Waals surface area contributed by atoms with Gasteiger partial charge in [0.2, 0.25) is 0 Å². The van der Waals surface area contributed by atoms with E-state index in [4.69, 9.17) is 5.73 Å². The highest BCUT2D eigenvalue weighted by Gasteiger charge is 1.91. The highest BCUT2D eigenvalue weighted by atomic mass is 14.6. The van der Waals surface area contributed by atoms with Gasteiger partial charge in [-0.25, -0.2) is 0 Å². The van der Waals surface area contributed by atoms with Gasteiger partial charge in [0.25, 0.3) is 0 Å². The molecule has 0 rings (SSSR count). The van der Waals surface area contributed by atoms with Gasteiger partial charge in [-0.05, 0) is 32.6 Å². The second kappa shape index (κ2) is 9.79. The first kappa shape index (κ1) is 12.7. The molecule has 0 bridgehead atoms. The van der Waals surface area contributed by atoms with E-state index in [1.54, 1.807) is 0 Å². The van der Waals surface area contributed by atoms with E-state index in [0.717, 1.165) is 0 Å². The van der Waals surface area contributed by atoms with Crippen molar-refractivity contribution in [1.29, 1.82) is 0 Å². The third kappa shape index (κ3) is 11.7. The van der Waals surface area contributed by atoms with Crippen LogP contribution >= 0.6 is 0 Å². The van der Waals surface area contributed by atoms with E-state index < -0.39 is 0 Å². The molecule has 0 saturated carbocycles. The van der Waals surface area contributed by atoms with Gasteiger partial charge < -0.3 is 5.73 Å². The van der Waals surface area contributed by atoms with Crippen molar-refractivity contribution >= 4 is 0 Å². The molecular weight excluding hydrogens is 158 g/mol. The lowest BCUT2D eigenvalue weighted by atomic mass is 10.1. The molecule has 0 aromatic rings. The van der Waals surface area contributed by atoms with Crippen molar-refractivity contribution in [3.63, 3.8) is 0 Å². The number of unbranched alkanes of at least 4 members (excludes halogenated alkanes) is 4. The van der Waals surface area contributed by atoms with Crippen molar-refractivity contribution in [3.05, 3.63) is 12.2 Å². The summed E-state index contributed by atoms with van der Waals surface area (Å²) in [6.45, 7) is 4.31. The second-order valence-electron chi connectivity index (χ2n) is 3.88. The van der Waals surface area contributed by atoms with Gasteiger partial charge in [0.1, 0.15) is 0 Å². The number of nitrogens with two attached hydrogens (primary N) is 1. The molecule has 1 unspecified atom stereocenters. The molecule has 0 amide bonds. The lowest BCUT2D eigenvalue weighted by Gasteiger charge is -2.01. The molecule has 0 aliphatic rings. The van der Waals surface area contributed by atoms with Crippen molar-refractivity contribution in [3.8, 4) is 0 Å². The van der Waals surface area contributed by atoms with Gasteiger partial charge in [0.15, 0.2) is 0 Å². The van der Waals surface area contributed by atoms with Crippen LogP contribution in [0.1, 0.15) is 58.8 Å². The molecule has 0 aliphatic heterocycles. The Balaban J connectivity index is 3.02. The molecule has 0 fully saturated rings. The fourth-order valence-corrected chi connectivity index (χ4v) is 1.29. The van der Waals surface area contributed by atoms with Crippen molar-refractivity contribution in [2.45, 2.75) is 64.8 Å². The summed E-state index contributed by atoms with van der Waals surface area (Å²) < 4.78 is 0. The average Bonchev–Trinajstić information content (AvgIpc) is 2.09. The lowest BCUT2D eigenvalue weighted by molar-refractivity contribution is 0.601. The van der Waals surface area contributed by atoms with Gasteiger partial charge in [0, 0.05) is 6.04 Å². The third-order valence-corrected chi connectivity index (χ3v) is 2.17. The maximum Gasteiger partial charge on any atom is 0.00104 e. The number of allylic oxidation sites excluding steroid dienone is 2. The highest BCUT2D eigenvalue weighted by molar-refractivity contribution is 4.81. The minimum atomic E-state index is 0.379. The van der Waals surface area contributed by atoms with E-state index in [-0.39, 0.29) is 0 Å². The Labute approximate surface area is 83.4 Å². The molecule has 2 N–H and O–H groups in total. The van der Waals surface area contributed by atoms with Crippen LogP contribution in [-0.4, -0.2) is 6.04 Å². The predicted octanol–water partition coefficient (Wildman–Crippen LogP) is 3.64. The van der Waals surface area contributed by atoms with Crippen molar-refractivity contribution in [2.24, 2.45) is 5.73 Å². The van der Waals surface area contributed by atoms with Crippen LogP contribution in [0, 0.1) is 0 Å². The van der Waals surface area contributed by atoms with Crippen LogP contribution in [0.5, 0.6) is 0 Å². The maximum absolute atomic E-state index is 5.65. The van der Waals surface area contributed by atoms with E-state index in [0.29, 0.717) is 6.04 Å². The van der Waals surface area contributed by atoms with Gasteiger partial charge in [0.05, 0.1) is 0 Å². The molecule has 1 heteroatoms. The molecule has 0 heterocycles. The largest absolute Gasteiger partial charge is 0.328 e. The fraction of sp³-hybridized carbons (Fsp3) is 0.833. The van der Waals surface area contributed by atoms with Crippen molar-refractivity contribution in [1.82, 2.24) is 0 Å². The van der Waals surface area contributed by atoms with Crippen LogP contribution in [0.15, 0.2) is 12.2 Å². The summed E-state index contributed by atoms with van der Waals surface area (Å²) in [5, 5.41) is 0. The first-order valence-corrected chi connectivity index (χ1v) is 5.68. The Morgan fingerprint density at radius 2 is 1.69 bits per heavy atom. The summed E-state index contributed by atoms with van der Waals surface area (Å²) in [4.78, 5) is 0. The molecule has 1 atom stereocenters. The SMILES string of the molecule is CCCC/C=C/CCCCC(C)N. The summed E-state index contributed by atoms with van der Waals surface area (Å²) in [6, 6.07) is 0.379. The van der Waals surface area contributed by atoms with Gasteiger partial charge in [-0.2, -0.15) is 0 Å². The minimum absolute atomic E-state index is 0.379. The van der Waals surface area contributed by atoms with E-state index >= 15 is 0 Å². The molecule has 0 spiro atoms. The number of hydrogen-bond acceptors (Lipinski definition) is 1. The van der Waals surface area contributed by atoms with Crippen LogP contribution in [0.2, 0.25) is 0 Å². The second-order valence-corrected chi connectivity index (χ2v) is 3.88. The third-order valence-electron chi connectivity index (χ3n) is 2.17. The standard InChI is InChI=1S/C12H25N/c1-3-4-5-6-7-8-9-10-11-12(2)13/h6-7,12H,3-5,8-11,13H2,1-2H3/b7-6+. The predicted molar refractivity (Wildman–Crippen MR) is 60.8 cm³/mol. The average molecular weight is 183 g/mol. The van der Waals surface area contributed by atoms with E-state index in [2.05, 4.69) is 26.0 Å². The number of rotatable bonds is 8. The fourth-order valence-electron chi connectivity index (χ4n) is 1.29. The monoisotopic (exact) mass is 183 g/mol. The summed E-state index contributed by atoms with van der Waals surface area (Å²) in [6.07, 6.45) is 13.5. The molecule has 1 nitrogen and oxygen atoms in total. The molecule has 13 heavy (non-hydrogen) atoms. The van der Waals surface area contributed by atoms with Gasteiger partial charge in [-0.1, -0.05) is 38.3 Å². The van der Waals surface area contributed by atoms with E-state index in [9.17, 15) is 0 Å². The Morgan fingerprint density at radius 1 is 1.08 bits per heavy atom. The molecular formula is C12H25N. The summed E-state index contributed by atoms with van der Waals surface area (Å²) >= 11 is 0. The Bertz CT molecular complexity index is 116. The molecule has 0 aromatic heterocycles. The van der Waals surface area contributed by atoms with Crippen LogP contribution < -0.4 is 5.73 Å². The zero-order valence-corrected chi connectivity index (χ0v) is 9.26. The van der Waals surface area contributed by atoms with Crippen molar-refractivity contribution in [2.75, 3.05) is 0 Å². The quantitative estimate of drug-likeness (QED) is 0.451. The van der Waals surface area contributed by atoms with Gasteiger partial charge in [-0.3, -0.25) is 0 Å². The first-order valence-electron chi connectivity index (χ1n) is 5.68. The number of hydrogen-bond donors (Lipinski definition) is 1. The van der Waals surface area contributed by atoms with Crippen LogP contribution in [-0.2, 0) is 0 Å². The summed E-state index contributed by atoms with van der Waals surface area (Å²) in [5.74, 6) is 0. The van der Waals surface area contributed by atoms with Crippen LogP contribution in [0.25, 0.3) is 0 Å². The van der Waals surface area contributed by atoms with Crippen LogP contribution in [0.3, 0.4) is 0 Å². The molecule has 0 saturated heterocycles. The smallest absolute Gasteiger partial charge is 0.00104 e. The van der Waals surface area contributed by atoms with Crippen LogP contribution in [0.4, 0.5) is 0 Å². The van der Waals surface area contributed by atoms with E-state index in [1.807, 2.05) is 0 Å². The zero-order valence-electron chi connectivity index (χ0n) is 9.26. The van der Waals surface area contributed by atoms with Gasteiger partial charge in [-0.15, -0.1) is 0 Å². The Hall–Kier alpha value is -0.300. The zero-order chi connectivity index (χ0) is 9.94. The highest BCUT2D eigenvalue weighted by Crippen LogP contribution is 2.03. The molecule has 78 valence electrons. The minimum Gasteiger partial charge on any atom is -0.328 e. The normalized spacial score (nSPS) is 13.8. The molecule has 0 aliphatic carbocycles. The van der Waals surface area contributed by atoms with Gasteiger partial charge >= 0.3 is 0 Å². The maximum atomic E-state index is 5.65. The summed E-state index contributed by atoms with van der Waals surface area (Å²) in [7, 11) is 0. The van der Waals surface area contributed by atoms with E-state index in [1.165, 1.54) is 44.9 Å². The lowest BCUT2D eigenvalue weighted by Crippen LogP contribution is -2.13. The van der Waals surface area contributed by atoms with Crippen molar-refractivity contribution < 1.29 is 0 Å². The Morgan fingerprint density at radius 3 is 2.23 bits per heavy atom. The molecule has 0 aromatic carbocycles. The first-order chi connectivity index (χ1) is 6.27. The Kier molecular flexibility index (Phi) is 9.56. The molecule has 0 radical (unpaired) electrons. The summed E-state index contributed by atoms with van der Waals surface area (Å²) in [5.41, 5.74) is 5.65. The topological polar surface area (TPSA) is 26.0 Å².